The number of aryl methyl sites for hydroxylation is 1. The number of carbonyl (C=O) groups excluding carboxylic acids is 2. The number of hydrogen-bond acceptors (Lipinski definition) is 4. The number of amides is 2. The third-order valence-corrected chi connectivity index (χ3v) is 5.20. The molecule has 0 bridgehead atoms. The molecule has 148 valence electrons. The van der Waals surface area contributed by atoms with E-state index in [2.05, 4.69) is 29.0 Å². The van der Waals surface area contributed by atoms with Crippen LogP contribution < -0.4 is 5.32 Å². The second-order valence-corrected chi connectivity index (χ2v) is 7.67. The molecule has 0 unspecified atom stereocenters. The number of hydrogen-bond donors (Lipinski definition) is 1. The lowest BCUT2D eigenvalue weighted by Gasteiger charge is -2.32. The van der Waals surface area contributed by atoms with Crippen molar-refractivity contribution in [2.45, 2.75) is 26.7 Å². The summed E-state index contributed by atoms with van der Waals surface area (Å²) >= 11 is 0. The van der Waals surface area contributed by atoms with Crippen molar-refractivity contribution in [1.29, 1.82) is 0 Å². The van der Waals surface area contributed by atoms with Crippen LogP contribution in [0.5, 0.6) is 0 Å². The first-order valence-electron chi connectivity index (χ1n) is 9.71. The van der Waals surface area contributed by atoms with E-state index in [1.807, 2.05) is 37.1 Å². The van der Waals surface area contributed by atoms with Gasteiger partial charge in [-0.2, -0.15) is 0 Å². The van der Waals surface area contributed by atoms with Crippen molar-refractivity contribution in [3.8, 4) is 0 Å². The van der Waals surface area contributed by atoms with Crippen LogP contribution in [0, 0.1) is 6.92 Å². The number of pyridine rings is 1. The predicted molar refractivity (Wildman–Crippen MR) is 111 cm³/mol. The summed E-state index contributed by atoms with van der Waals surface area (Å²) in [5, 5.41) is 2.99. The van der Waals surface area contributed by atoms with Crippen molar-refractivity contribution in [3.63, 3.8) is 0 Å². The number of piperazine rings is 1. The Labute approximate surface area is 166 Å². The average molecular weight is 380 g/mol. The fraction of sp³-hybridized carbons (Fsp3) is 0.409. The summed E-state index contributed by atoms with van der Waals surface area (Å²) in [5.74, 6) is -0.0687. The number of para-hydroxylation sites is 1. The average Bonchev–Trinajstić information content (AvgIpc) is 2.69. The van der Waals surface area contributed by atoms with Crippen LogP contribution in [0.2, 0.25) is 0 Å². The van der Waals surface area contributed by atoms with Gasteiger partial charge in [-0.3, -0.25) is 14.6 Å². The highest BCUT2D eigenvalue weighted by molar-refractivity contribution is 6.05. The molecule has 1 aliphatic rings. The van der Waals surface area contributed by atoms with E-state index < -0.39 is 0 Å². The van der Waals surface area contributed by atoms with Gasteiger partial charge in [0.1, 0.15) is 5.69 Å². The van der Waals surface area contributed by atoms with Crippen LogP contribution in [0.3, 0.4) is 0 Å². The highest BCUT2D eigenvalue weighted by atomic mass is 16.2. The first-order valence-corrected chi connectivity index (χ1v) is 9.71. The molecule has 2 aromatic rings. The number of anilines is 1. The van der Waals surface area contributed by atoms with Crippen LogP contribution in [0.4, 0.5) is 5.69 Å². The monoisotopic (exact) mass is 380 g/mol. The molecular weight excluding hydrogens is 352 g/mol. The molecule has 0 saturated carbocycles. The molecule has 0 spiro atoms. The first kappa shape index (κ1) is 20.0. The highest BCUT2D eigenvalue weighted by Gasteiger charge is 2.22. The van der Waals surface area contributed by atoms with Gasteiger partial charge in [0.25, 0.3) is 11.8 Å². The van der Waals surface area contributed by atoms with Gasteiger partial charge in [0, 0.05) is 43.6 Å². The Morgan fingerprint density at radius 2 is 1.82 bits per heavy atom. The van der Waals surface area contributed by atoms with Crippen molar-refractivity contribution in [1.82, 2.24) is 14.8 Å². The SMILES string of the molecule is Cc1cccc(C(C)C)c1NC(=O)c1cc(C(=O)N2CCN(C)CC2)ccn1. The van der Waals surface area contributed by atoms with Gasteiger partial charge in [0.05, 0.1) is 0 Å². The van der Waals surface area contributed by atoms with E-state index in [0.717, 1.165) is 29.9 Å². The van der Waals surface area contributed by atoms with E-state index in [1.165, 1.54) is 6.20 Å². The van der Waals surface area contributed by atoms with E-state index in [-0.39, 0.29) is 23.4 Å². The lowest BCUT2D eigenvalue weighted by molar-refractivity contribution is 0.0664. The molecule has 2 amide bonds. The number of likely N-dealkylation sites (N-methyl/N-ethyl adjacent to an activating group) is 1. The number of nitrogens with zero attached hydrogens (tertiary/aromatic N) is 3. The summed E-state index contributed by atoms with van der Waals surface area (Å²) < 4.78 is 0. The van der Waals surface area contributed by atoms with Crippen molar-refractivity contribution in [2.24, 2.45) is 0 Å². The summed E-state index contributed by atoms with van der Waals surface area (Å²) in [7, 11) is 2.05. The van der Waals surface area contributed by atoms with Crippen LogP contribution in [-0.4, -0.2) is 59.8 Å². The maximum absolute atomic E-state index is 12.8. The van der Waals surface area contributed by atoms with E-state index in [4.69, 9.17) is 0 Å². The summed E-state index contributed by atoms with van der Waals surface area (Å²) in [5.41, 5.74) is 3.65. The molecule has 1 fully saturated rings. The quantitative estimate of drug-likeness (QED) is 0.885. The molecule has 0 radical (unpaired) electrons. The van der Waals surface area contributed by atoms with Crippen LogP contribution >= 0.6 is 0 Å². The van der Waals surface area contributed by atoms with E-state index >= 15 is 0 Å². The lowest BCUT2D eigenvalue weighted by atomic mass is 9.98. The molecule has 2 heterocycles. The molecule has 3 rings (SSSR count). The number of aromatic nitrogens is 1. The van der Waals surface area contributed by atoms with Crippen molar-refractivity contribution in [2.75, 3.05) is 38.5 Å². The Bertz CT molecular complexity index is 871. The Kier molecular flexibility index (Phi) is 6.09. The number of benzene rings is 1. The smallest absolute Gasteiger partial charge is 0.274 e. The van der Waals surface area contributed by atoms with Crippen LogP contribution in [0.15, 0.2) is 36.5 Å². The Morgan fingerprint density at radius 3 is 2.50 bits per heavy atom. The second-order valence-electron chi connectivity index (χ2n) is 7.67. The molecule has 1 aromatic carbocycles. The molecule has 1 aliphatic heterocycles. The number of rotatable bonds is 4. The summed E-state index contributed by atoms with van der Waals surface area (Å²) in [6.07, 6.45) is 1.53. The van der Waals surface area contributed by atoms with Gasteiger partial charge in [0.15, 0.2) is 0 Å². The van der Waals surface area contributed by atoms with Crippen molar-refractivity contribution < 1.29 is 9.59 Å². The first-order chi connectivity index (χ1) is 13.4. The standard InChI is InChI=1S/C22H28N4O2/c1-15(2)18-7-5-6-16(3)20(18)24-21(27)19-14-17(8-9-23-19)22(28)26-12-10-25(4)11-13-26/h5-9,14-15H,10-13H2,1-4H3,(H,24,27). The fourth-order valence-corrected chi connectivity index (χ4v) is 3.40. The molecule has 6 heteroatoms. The van der Waals surface area contributed by atoms with Crippen LogP contribution in [0.25, 0.3) is 0 Å². The number of nitrogens with one attached hydrogen (secondary N) is 1. The molecule has 0 atom stereocenters. The largest absolute Gasteiger partial charge is 0.336 e. The van der Waals surface area contributed by atoms with Gasteiger partial charge in [-0.15, -0.1) is 0 Å². The molecule has 1 saturated heterocycles. The topological polar surface area (TPSA) is 65.5 Å². The zero-order chi connectivity index (χ0) is 20.3. The van der Waals surface area contributed by atoms with E-state index in [0.29, 0.717) is 18.7 Å². The maximum atomic E-state index is 12.8. The minimum atomic E-state index is -0.302. The zero-order valence-electron chi connectivity index (χ0n) is 17.0. The normalized spacial score (nSPS) is 15.0. The minimum absolute atomic E-state index is 0.0525. The van der Waals surface area contributed by atoms with Gasteiger partial charge < -0.3 is 15.1 Å². The molecule has 1 N–H and O–H groups in total. The van der Waals surface area contributed by atoms with Crippen LogP contribution in [0.1, 0.15) is 51.7 Å². The third kappa shape index (κ3) is 4.39. The van der Waals surface area contributed by atoms with E-state index in [1.54, 1.807) is 12.1 Å². The molecule has 1 aromatic heterocycles. The van der Waals surface area contributed by atoms with Gasteiger partial charge in [-0.1, -0.05) is 32.0 Å². The van der Waals surface area contributed by atoms with Gasteiger partial charge >= 0.3 is 0 Å². The second kappa shape index (κ2) is 8.52. The molecule has 6 nitrogen and oxygen atoms in total. The Morgan fingerprint density at radius 1 is 1.11 bits per heavy atom. The van der Waals surface area contributed by atoms with Gasteiger partial charge in [-0.25, -0.2) is 0 Å². The van der Waals surface area contributed by atoms with Gasteiger partial charge in [-0.05, 0) is 43.1 Å². The minimum Gasteiger partial charge on any atom is -0.336 e. The summed E-state index contributed by atoms with van der Waals surface area (Å²) in [6.45, 7) is 9.27. The zero-order valence-corrected chi connectivity index (χ0v) is 17.0. The van der Waals surface area contributed by atoms with Gasteiger partial charge in [0.2, 0.25) is 0 Å². The Balaban J connectivity index is 1.79. The highest BCUT2D eigenvalue weighted by Crippen LogP contribution is 2.27. The Hall–Kier alpha value is -2.73. The van der Waals surface area contributed by atoms with Crippen LogP contribution in [-0.2, 0) is 0 Å². The van der Waals surface area contributed by atoms with E-state index in [9.17, 15) is 9.59 Å². The molecule has 28 heavy (non-hydrogen) atoms. The molecule has 0 aliphatic carbocycles. The lowest BCUT2D eigenvalue weighted by Crippen LogP contribution is -2.47. The molecular formula is C22H28N4O2. The number of carbonyl (C=O) groups is 2. The van der Waals surface area contributed by atoms with Crippen molar-refractivity contribution >= 4 is 17.5 Å². The third-order valence-electron chi connectivity index (χ3n) is 5.20. The predicted octanol–water partition coefficient (Wildman–Crippen LogP) is 3.15. The van der Waals surface area contributed by atoms with Crippen molar-refractivity contribution in [3.05, 3.63) is 58.9 Å². The fourth-order valence-electron chi connectivity index (χ4n) is 3.40. The maximum Gasteiger partial charge on any atom is 0.274 e. The summed E-state index contributed by atoms with van der Waals surface area (Å²) in [6, 6.07) is 9.25. The summed E-state index contributed by atoms with van der Waals surface area (Å²) in [4.78, 5) is 33.8.